The molecule has 1 heterocycles. The normalized spacial score (nSPS) is 19.6. The Morgan fingerprint density at radius 1 is 1.10 bits per heavy atom. The molecule has 21 heavy (non-hydrogen) atoms. The van der Waals surface area contributed by atoms with Gasteiger partial charge in [0.1, 0.15) is 0 Å². The molecule has 1 aromatic rings. The van der Waals surface area contributed by atoms with Crippen LogP contribution in [0, 0.1) is 0 Å². The van der Waals surface area contributed by atoms with Gasteiger partial charge in [0.05, 0.1) is 16.8 Å². The SMILES string of the molecule is CN(C)c1cc(B2OC(C)(C)C(C)(C)O2)cc(C(=O)O)c1. The molecule has 1 saturated heterocycles. The number of rotatable bonds is 3. The number of hydrogen-bond acceptors (Lipinski definition) is 4. The maximum Gasteiger partial charge on any atom is 0.494 e. The van der Waals surface area contributed by atoms with Crippen molar-refractivity contribution in [3.05, 3.63) is 23.8 Å². The van der Waals surface area contributed by atoms with Gasteiger partial charge in [-0.3, -0.25) is 0 Å². The van der Waals surface area contributed by atoms with Crippen LogP contribution in [0.1, 0.15) is 38.1 Å². The fraction of sp³-hybridized carbons (Fsp3) is 0.533. The van der Waals surface area contributed by atoms with E-state index in [4.69, 9.17) is 9.31 Å². The summed E-state index contributed by atoms with van der Waals surface area (Å²) in [5, 5.41) is 9.26. The molecule has 0 radical (unpaired) electrons. The molecule has 114 valence electrons. The van der Waals surface area contributed by atoms with E-state index in [-0.39, 0.29) is 5.56 Å². The second-order valence-electron chi connectivity index (χ2n) is 6.60. The molecule has 1 fully saturated rings. The van der Waals surface area contributed by atoms with Gasteiger partial charge in [-0.25, -0.2) is 4.79 Å². The van der Waals surface area contributed by atoms with Crippen LogP contribution in [-0.4, -0.2) is 43.5 Å². The molecule has 1 N–H and O–H groups in total. The van der Waals surface area contributed by atoms with Gasteiger partial charge in [0.15, 0.2) is 0 Å². The number of carbonyl (C=O) groups is 1. The third-order valence-corrected chi connectivity index (χ3v) is 4.23. The van der Waals surface area contributed by atoms with E-state index in [1.807, 2.05) is 52.8 Å². The summed E-state index contributed by atoms with van der Waals surface area (Å²) in [7, 11) is 3.18. The highest BCUT2D eigenvalue weighted by Gasteiger charge is 2.51. The molecular weight excluding hydrogens is 269 g/mol. The van der Waals surface area contributed by atoms with Gasteiger partial charge in [0.25, 0.3) is 0 Å². The first-order valence-electron chi connectivity index (χ1n) is 6.95. The molecule has 0 amide bonds. The predicted octanol–water partition coefficient (Wildman–Crippen LogP) is 1.75. The third kappa shape index (κ3) is 2.92. The number of carboxylic acid groups (broad SMARTS) is 1. The first kappa shape index (κ1) is 15.9. The van der Waals surface area contributed by atoms with Crippen molar-refractivity contribution < 1.29 is 19.2 Å². The van der Waals surface area contributed by atoms with Crippen LogP contribution in [0.5, 0.6) is 0 Å². The summed E-state index contributed by atoms with van der Waals surface area (Å²) in [6, 6.07) is 5.14. The van der Waals surface area contributed by atoms with Crippen molar-refractivity contribution in [1.82, 2.24) is 0 Å². The molecule has 5 nitrogen and oxygen atoms in total. The fourth-order valence-corrected chi connectivity index (χ4v) is 2.13. The second-order valence-corrected chi connectivity index (χ2v) is 6.60. The molecule has 0 atom stereocenters. The maximum atomic E-state index is 11.3. The van der Waals surface area contributed by atoms with Crippen molar-refractivity contribution in [1.29, 1.82) is 0 Å². The monoisotopic (exact) mass is 291 g/mol. The van der Waals surface area contributed by atoms with Gasteiger partial charge in [-0.15, -0.1) is 0 Å². The van der Waals surface area contributed by atoms with E-state index in [1.165, 1.54) is 0 Å². The van der Waals surface area contributed by atoms with Crippen LogP contribution in [0.2, 0.25) is 0 Å². The topological polar surface area (TPSA) is 59.0 Å². The minimum Gasteiger partial charge on any atom is -0.478 e. The standard InChI is InChI=1S/C15H22BNO4/c1-14(2)15(3,4)21-16(20-14)11-7-10(13(18)19)8-12(9-11)17(5)6/h7-9H,1-6H3,(H,18,19). The summed E-state index contributed by atoms with van der Waals surface area (Å²) in [5.74, 6) is -0.962. The Morgan fingerprint density at radius 3 is 2.05 bits per heavy atom. The molecule has 0 saturated carbocycles. The Hall–Kier alpha value is -1.53. The molecule has 0 aliphatic carbocycles. The van der Waals surface area contributed by atoms with E-state index in [9.17, 15) is 9.90 Å². The number of aromatic carboxylic acids is 1. The third-order valence-electron chi connectivity index (χ3n) is 4.23. The molecular formula is C15H22BNO4. The van der Waals surface area contributed by atoms with Gasteiger partial charge >= 0.3 is 13.1 Å². The fourth-order valence-electron chi connectivity index (χ4n) is 2.13. The number of carboxylic acids is 1. The van der Waals surface area contributed by atoms with Crippen LogP contribution < -0.4 is 10.4 Å². The lowest BCUT2D eigenvalue weighted by atomic mass is 9.78. The van der Waals surface area contributed by atoms with Crippen LogP contribution in [0.3, 0.4) is 0 Å². The molecule has 2 rings (SSSR count). The first-order valence-corrected chi connectivity index (χ1v) is 6.95. The zero-order chi connectivity index (χ0) is 16.0. The van der Waals surface area contributed by atoms with Crippen molar-refractivity contribution >= 4 is 24.2 Å². The average molecular weight is 291 g/mol. The van der Waals surface area contributed by atoms with Gasteiger partial charge < -0.3 is 19.3 Å². The van der Waals surface area contributed by atoms with Crippen LogP contribution in [0.4, 0.5) is 5.69 Å². The average Bonchev–Trinajstić information content (AvgIpc) is 2.58. The Labute approximate surface area is 126 Å². The van der Waals surface area contributed by atoms with Crippen molar-refractivity contribution in [3.8, 4) is 0 Å². The number of hydrogen-bond donors (Lipinski definition) is 1. The van der Waals surface area contributed by atoms with E-state index in [2.05, 4.69) is 0 Å². The Kier molecular flexibility index (Phi) is 3.80. The maximum absolute atomic E-state index is 11.3. The lowest BCUT2D eigenvalue weighted by Crippen LogP contribution is -2.41. The molecule has 6 heteroatoms. The zero-order valence-corrected chi connectivity index (χ0v) is 13.4. The van der Waals surface area contributed by atoms with Crippen LogP contribution in [0.15, 0.2) is 18.2 Å². The van der Waals surface area contributed by atoms with Crippen molar-refractivity contribution in [3.63, 3.8) is 0 Å². The molecule has 1 aliphatic heterocycles. The lowest BCUT2D eigenvalue weighted by Gasteiger charge is -2.32. The smallest absolute Gasteiger partial charge is 0.478 e. The molecule has 1 aromatic carbocycles. The summed E-state index contributed by atoms with van der Waals surface area (Å²) in [6.07, 6.45) is 0. The van der Waals surface area contributed by atoms with Crippen molar-refractivity contribution in [2.75, 3.05) is 19.0 Å². The summed E-state index contributed by atoms with van der Waals surface area (Å²) >= 11 is 0. The summed E-state index contributed by atoms with van der Waals surface area (Å²) < 4.78 is 12.0. The van der Waals surface area contributed by atoms with Crippen LogP contribution in [0.25, 0.3) is 0 Å². The lowest BCUT2D eigenvalue weighted by molar-refractivity contribution is 0.00578. The Bertz CT molecular complexity index is 553. The van der Waals surface area contributed by atoms with Gasteiger partial charge in [0, 0.05) is 19.8 Å². The van der Waals surface area contributed by atoms with Crippen molar-refractivity contribution in [2.24, 2.45) is 0 Å². The van der Waals surface area contributed by atoms with Gasteiger partial charge in [-0.2, -0.15) is 0 Å². The quantitative estimate of drug-likeness (QED) is 0.860. The van der Waals surface area contributed by atoms with Gasteiger partial charge in [0.2, 0.25) is 0 Å². The zero-order valence-electron chi connectivity index (χ0n) is 13.4. The summed E-state index contributed by atoms with van der Waals surface area (Å²) in [6.45, 7) is 7.89. The Balaban J connectivity index is 2.43. The van der Waals surface area contributed by atoms with Gasteiger partial charge in [-0.05, 0) is 51.4 Å². The minimum absolute atomic E-state index is 0.228. The number of benzene rings is 1. The highest BCUT2D eigenvalue weighted by molar-refractivity contribution is 6.62. The minimum atomic E-state index is -0.962. The first-order chi connectivity index (χ1) is 9.53. The van der Waals surface area contributed by atoms with E-state index in [0.717, 1.165) is 11.2 Å². The highest BCUT2D eigenvalue weighted by atomic mass is 16.7. The molecule has 0 unspecified atom stereocenters. The van der Waals surface area contributed by atoms with Crippen LogP contribution >= 0.6 is 0 Å². The molecule has 1 aliphatic rings. The number of nitrogens with zero attached hydrogens (tertiary/aromatic N) is 1. The highest BCUT2D eigenvalue weighted by Crippen LogP contribution is 2.36. The molecule has 0 spiro atoms. The van der Waals surface area contributed by atoms with E-state index >= 15 is 0 Å². The second kappa shape index (κ2) is 5.03. The van der Waals surface area contributed by atoms with E-state index in [0.29, 0.717) is 0 Å². The molecule has 0 bridgehead atoms. The summed E-state index contributed by atoms with van der Waals surface area (Å²) in [5.41, 5.74) is 0.854. The van der Waals surface area contributed by atoms with Crippen LogP contribution in [-0.2, 0) is 9.31 Å². The largest absolute Gasteiger partial charge is 0.494 e. The Morgan fingerprint density at radius 2 is 1.62 bits per heavy atom. The number of anilines is 1. The predicted molar refractivity (Wildman–Crippen MR) is 83.4 cm³/mol. The van der Waals surface area contributed by atoms with E-state index in [1.54, 1.807) is 12.1 Å². The summed E-state index contributed by atoms with van der Waals surface area (Å²) in [4.78, 5) is 13.2. The van der Waals surface area contributed by atoms with Crippen molar-refractivity contribution in [2.45, 2.75) is 38.9 Å². The van der Waals surface area contributed by atoms with E-state index < -0.39 is 24.3 Å². The van der Waals surface area contributed by atoms with Gasteiger partial charge in [-0.1, -0.05) is 0 Å². The molecule has 0 aromatic heterocycles.